The molecule has 23 heavy (non-hydrogen) atoms. The molecule has 3 aromatic rings. The topological polar surface area (TPSA) is 68.0 Å². The molecule has 1 amide bonds. The second-order valence-electron chi connectivity index (χ2n) is 4.47. The molecular formula is C15H8Cl3N3O2. The molecule has 0 fully saturated rings. The van der Waals surface area contributed by atoms with Gasteiger partial charge in [0.1, 0.15) is 17.2 Å². The van der Waals surface area contributed by atoms with Crippen molar-refractivity contribution >= 4 is 46.5 Å². The normalized spacial score (nSPS) is 10.6. The van der Waals surface area contributed by atoms with Crippen molar-refractivity contribution in [2.45, 2.75) is 0 Å². The van der Waals surface area contributed by atoms with Crippen molar-refractivity contribution in [3.05, 3.63) is 63.6 Å². The lowest BCUT2D eigenvalue weighted by Crippen LogP contribution is -2.13. The quantitative estimate of drug-likeness (QED) is 0.664. The van der Waals surface area contributed by atoms with Crippen LogP contribution in [0, 0.1) is 0 Å². The van der Waals surface area contributed by atoms with E-state index in [0.29, 0.717) is 21.4 Å². The molecule has 116 valence electrons. The largest absolute Gasteiger partial charge is 0.444 e. The van der Waals surface area contributed by atoms with Crippen LogP contribution >= 0.6 is 34.8 Å². The van der Waals surface area contributed by atoms with Crippen molar-refractivity contribution in [3.63, 3.8) is 0 Å². The zero-order valence-corrected chi connectivity index (χ0v) is 13.7. The molecule has 0 atom stereocenters. The van der Waals surface area contributed by atoms with Gasteiger partial charge >= 0.3 is 0 Å². The van der Waals surface area contributed by atoms with E-state index in [9.17, 15) is 4.79 Å². The highest BCUT2D eigenvalue weighted by molar-refractivity contribution is 6.42. The standard InChI is InChI=1S/C15H8Cl3N3O2/c16-9-5-4-8(6-10(9)17)15-19-11(7-23-15)14(22)21-13-3-1-2-12(18)20-13/h1-7H,(H,20,21,22). The molecule has 2 aromatic heterocycles. The van der Waals surface area contributed by atoms with Crippen LogP contribution in [0.4, 0.5) is 5.82 Å². The SMILES string of the molecule is O=C(Nc1cccc(Cl)n1)c1coc(-c2ccc(Cl)c(Cl)c2)n1. The number of rotatable bonds is 3. The summed E-state index contributed by atoms with van der Waals surface area (Å²) >= 11 is 17.6. The Hall–Kier alpha value is -2.08. The van der Waals surface area contributed by atoms with Gasteiger partial charge in [-0.05, 0) is 30.3 Å². The summed E-state index contributed by atoms with van der Waals surface area (Å²) in [5.74, 6) is 0.115. The lowest BCUT2D eigenvalue weighted by Gasteiger charge is -2.01. The minimum atomic E-state index is -0.463. The number of hydrogen-bond acceptors (Lipinski definition) is 4. The van der Waals surface area contributed by atoms with Gasteiger partial charge in [0.2, 0.25) is 5.89 Å². The Morgan fingerprint density at radius 3 is 2.61 bits per heavy atom. The van der Waals surface area contributed by atoms with Gasteiger partial charge in [-0.2, -0.15) is 0 Å². The fraction of sp³-hybridized carbons (Fsp3) is 0. The van der Waals surface area contributed by atoms with Crippen LogP contribution in [0.5, 0.6) is 0 Å². The summed E-state index contributed by atoms with van der Waals surface area (Å²) in [6.07, 6.45) is 1.25. The van der Waals surface area contributed by atoms with Crippen molar-refractivity contribution < 1.29 is 9.21 Å². The molecule has 0 bridgehead atoms. The summed E-state index contributed by atoms with van der Waals surface area (Å²) < 4.78 is 5.31. The van der Waals surface area contributed by atoms with Gasteiger partial charge in [0.15, 0.2) is 5.69 Å². The van der Waals surface area contributed by atoms with Crippen LogP contribution in [0.25, 0.3) is 11.5 Å². The summed E-state index contributed by atoms with van der Waals surface area (Å²) in [6, 6.07) is 9.82. The first-order valence-corrected chi connectivity index (χ1v) is 7.51. The first-order valence-electron chi connectivity index (χ1n) is 6.38. The minimum absolute atomic E-state index is 0.104. The second-order valence-corrected chi connectivity index (χ2v) is 5.67. The van der Waals surface area contributed by atoms with Gasteiger partial charge in [-0.3, -0.25) is 4.79 Å². The van der Waals surface area contributed by atoms with Crippen LogP contribution < -0.4 is 5.32 Å². The number of aromatic nitrogens is 2. The maximum absolute atomic E-state index is 12.1. The highest BCUT2D eigenvalue weighted by atomic mass is 35.5. The molecule has 0 unspecified atom stereocenters. The molecule has 0 saturated heterocycles. The zero-order valence-electron chi connectivity index (χ0n) is 11.4. The van der Waals surface area contributed by atoms with Crippen LogP contribution in [-0.4, -0.2) is 15.9 Å². The average Bonchev–Trinajstić information content (AvgIpc) is 3.00. The van der Waals surface area contributed by atoms with Crippen LogP contribution in [0.2, 0.25) is 15.2 Å². The van der Waals surface area contributed by atoms with E-state index in [1.165, 1.54) is 6.26 Å². The van der Waals surface area contributed by atoms with E-state index < -0.39 is 5.91 Å². The molecule has 0 saturated carbocycles. The molecule has 0 radical (unpaired) electrons. The van der Waals surface area contributed by atoms with Crippen molar-refractivity contribution in [3.8, 4) is 11.5 Å². The average molecular weight is 369 g/mol. The third kappa shape index (κ3) is 3.64. The van der Waals surface area contributed by atoms with Gasteiger partial charge in [-0.1, -0.05) is 40.9 Å². The third-order valence-corrected chi connectivity index (χ3v) is 3.81. The second kappa shape index (κ2) is 6.58. The van der Waals surface area contributed by atoms with Gasteiger partial charge in [0.25, 0.3) is 5.91 Å². The summed E-state index contributed by atoms with van der Waals surface area (Å²) in [5, 5.41) is 3.65. The van der Waals surface area contributed by atoms with E-state index in [1.54, 1.807) is 36.4 Å². The molecule has 0 aliphatic carbocycles. The fourth-order valence-electron chi connectivity index (χ4n) is 1.80. The Labute approximate surface area is 146 Å². The van der Waals surface area contributed by atoms with Gasteiger partial charge in [0.05, 0.1) is 10.0 Å². The summed E-state index contributed by atoms with van der Waals surface area (Å²) in [5.41, 5.74) is 0.715. The van der Waals surface area contributed by atoms with Crippen molar-refractivity contribution in [1.82, 2.24) is 9.97 Å². The highest BCUT2D eigenvalue weighted by Gasteiger charge is 2.15. The van der Waals surface area contributed by atoms with Gasteiger partial charge in [-0.15, -0.1) is 0 Å². The Morgan fingerprint density at radius 1 is 1.04 bits per heavy atom. The molecule has 0 aliphatic rings. The smallest absolute Gasteiger partial charge is 0.278 e. The van der Waals surface area contributed by atoms with E-state index in [-0.39, 0.29) is 16.7 Å². The van der Waals surface area contributed by atoms with Crippen molar-refractivity contribution in [2.24, 2.45) is 0 Å². The zero-order chi connectivity index (χ0) is 16.4. The van der Waals surface area contributed by atoms with Crippen LogP contribution in [0.3, 0.4) is 0 Å². The number of carbonyl (C=O) groups is 1. The summed E-state index contributed by atoms with van der Waals surface area (Å²) in [4.78, 5) is 20.2. The van der Waals surface area contributed by atoms with E-state index in [2.05, 4.69) is 15.3 Å². The number of halogens is 3. The Balaban J connectivity index is 1.81. The van der Waals surface area contributed by atoms with E-state index in [4.69, 9.17) is 39.2 Å². The number of oxazole rings is 1. The number of benzene rings is 1. The molecule has 1 N–H and O–H groups in total. The van der Waals surface area contributed by atoms with Gasteiger partial charge in [0, 0.05) is 5.56 Å². The maximum Gasteiger partial charge on any atom is 0.278 e. The minimum Gasteiger partial charge on any atom is -0.444 e. The van der Waals surface area contributed by atoms with Crippen LogP contribution in [-0.2, 0) is 0 Å². The lowest BCUT2D eigenvalue weighted by atomic mass is 10.2. The Kier molecular flexibility index (Phi) is 4.52. The summed E-state index contributed by atoms with van der Waals surface area (Å²) in [6.45, 7) is 0. The first kappa shape index (κ1) is 15.8. The molecule has 5 nitrogen and oxygen atoms in total. The monoisotopic (exact) mass is 367 g/mol. The van der Waals surface area contributed by atoms with Gasteiger partial charge in [-0.25, -0.2) is 9.97 Å². The Morgan fingerprint density at radius 2 is 1.87 bits per heavy atom. The number of hydrogen-bond donors (Lipinski definition) is 1. The highest BCUT2D eigenvalue weighted by Crippen LogP contribution is 2.28. The number of nitrogens with one attached hydrogen (secondary N) is 1. The predicted molar refractivity (Wildman–Crippen MR) is 89.2 cm³/mol. The first-order chi connectivity index (χ1) is 11.0. The summed E-state index contributed by atoms with van der Waals surface area (Å²) in [7, 11) is 0. The lowest BCUT2D eigenvalue weighted by molar-refractivity contribution is 0.102. The van der Waals surface area contributed by atoms with E-state index >= 15 is 0 Å². The molecular weight excluding hydrogens is 361 g/mol. The molecule has 8 heteroatoms. The molecule has 1 aromatic carbocycles. The number of amides is 1. The van der Waals surface area contributed by atoms with Crippen molar-refractivity contribution in [2.75, 3.05) is 5.32 Å². The van der Waals surface area contributed by atoms with Gasteiger partial charge < -0.3 is 9.73 Å². The third-order valence-electron chi connectivity index (χ3n) is 2.86. The van der Waals surface area contributed by atoms with E-state index in [0.717, 1.165) is 0 Å². The predicted octanol–water partition coefficient (Wildman–Crippen LogP) is 4.95. The Bertz CT molecular complexity index is 880. The fourth-order valence-corrected chi connectivity index (χ4v) is 2.26. The molecule has 0 spiro atoms. The van der Waals surface area contributed by atoms with Crippen LogP contribution in [0.15, 0.2) is 47.1 Å². The number of carbonyl (C=O) groups excluding carboxylic acids is 1. The molecule has 2 heterocycles. The number of anilines is 1. The van der Waals surface area contributed by atoms with E-state index in [1.807, 2.05) is 0 Å². The number of nitrogens with zero attached hydrogens (tertiary/aromatic N) is 2. The van der Waals surface area contributed by atoms with Crippen LogP contribution in [0.1, 0.15) is 10.5 Å². The van der Waals surface area contributed by atoms with Crippen molar-refractivity contribution in [1.29, 1.82) is 0 Å². The number of pyridine rings is 1. The molecule has 0 aliphatic heterocycles. The molecule has 3 rings (SSSR count). The maximum atomic E-state index is 12.1.